The minimum absolute atomic E-state index is 0.200. The van der Waals surface area contributed by atoms with Gasteiger partial charge in [-0.05, 0) is 36.8 Å². The van der Waals surface area contributed by atoms with E-state index >= 15 is 0 Å². The number of hydrogen-bond acceptors (Lipinski definition) is 7. The Kier molecular flexibility index (Phi) is 3.87. The highest BCUT2D eigenvalue weighted by Gasteiger charge is 2.15. The number of benzene rings is 2. The molecule has 0 amide bonds. The van der Waals surface area contributed by atoms with Gasteiger partial charge in [-0.2, -0.15) is 9.50 Å². The number of aromatic nitrogens is 4. The van der Waals surface area contributed by atoms with Gasteiger partial charge in [0.1, 0.15) is 11.3 Å². The predicted octanol–water partition coefficient (Wildman–Crippen LogP) is 4.08. The van der Waals surface area contributed by atoms with E-state index in [1.165, 1.54) is 15.9 Å². The average Bonchev–Trinajstić information content (AvgIpc) is 3.54. The lowest BCUT2D eigenvalue weighted by molar-refractivity contribution is 0.441. The van der Waals surface area contributed by atoms with E-state index in [1.54, 1.807) is 12.3 Å². The summed E-state index contributed by atoms with van der Waals surface area (Å²) in [5, 5.41) is 9.41. The Balaban J connectivity index is 1.46. The van der Waals surface area contributed by atoms with Crippen molar-refractivity contribution in [2.24, 2.45) is 0 Å². The lowest BCUT2D eigenvalue weighted by Gasteiger charge is -1.97. The van der Waals surface area contributed by atoms with Crippen LogP contribution in [0.15, 0.2) is 74.6 Å². The van der Waals surface area contributed by atoms with E-state index in [-0.39, 0.29) is 5.56 Å². The fraction of sp³-hybridized carbons (Fsp3) is 0.0435. The van der Waals surface area contributed by atoms with Gasteiger partial charge in [0, 0.05) is 5.56 Å². The van der Waals surface area contributed by atoms with Crippen LogP contribution in [0.2, 0.25) is 0 Å². The molecule has 8 heteroatoms. The number of nitrogens with zero attached hydrogens (tertiary/aromatic N) is 4. The van der Waals surface area contributed by atoms with E-state index in [1.807, 2.05) is 61.5 Å². The molecule has 0 bridgehead atoms. The fourth-order valence-electron chi connectivity index (χ4n) is 3.56. The molecular weight excluding hydrogens is 412 g/mol. The first-order chi connectivity index (χ1) is 15.2. The third kappa shape index (κ3) is 2.88. The predicted molar refractivity (Wildman–Crippen MR) is 118 cm³/mol. The molecule has 0 N–H and O–H groups in total. The van der Waals surface area contributed by atoms with Crippen molar-refractivity contribution in [3.05, 3.63) is 87.1 Å². The van der Waals surface area contributed by atoms with Gasteiger partial charge in [-0.15, -0.1) is 5.10 Å². The van der Waals surface area contributed by atoms with Crippen LogP contribution in [0.5, 0.6) is 0 Å². The van der Waals surface area contributed by atoms with Gasteiger partial charge in [0.15, 0.2) is 11.6 Å². The Morgan fingerprint density at radius 3 is 2.74 bits per heavy atom. The van der Waals surface area contributed by atoms with Gasteiger partial charge in [0.25, 0.3) is 5.56 Å². The third-order valence-electron chi connectivity index (χ3n) is 5.12. The molecule has 0 aliphatic heterocycles. The summed E-state index contributed by atoms with van der Waals surface area (Å²) in [4.78, 5) is 17.9. The molecule has 6 rings (SSSR count). The molecule has 0 atom stereocenters. The van der Waals surface area contributed by atoms with Crippen molar-refractivity contribution in [1.29, 1.82) is 0 Å². The molecule has 0 fully saturated rings. The zero-order valence-corrected chi connectivity index (χ0v) is 17.1. The maximum atomic E-state index is 12.9. The van der Waals surface area contributed by atoms with E-state index < -0.39 is 0 Å². The fourth-order valence-corrected chi connectivity index (χ4v) is 4.47. The molecule has 7 nitrogen and oxygen atoms in total. The number of furan rings is 1. The molecular formula is C23H14N4O3S. The van der Waals surface area contributed by atoms with Crippen LogP contribution in [0.4, 0.5) is 0 Å². The zero-order chi connectivity index (χ0) is 20.9. The number of thiazole rings is 1. The van der Waals surface area contributed by atoms with E-state index in [2.05, 4.69) is 15.2 Å². The summed E-state index contributed by atoms with van der Waals surface area (Å²) >= 11 is 1.30. The number of hydrogen-bond donors (Lipinski definition) is 0. The molecule has 2 aromatic carbocycles. The first kappa shape index (κ1) is 17.8. The van der Waals surface area contributed by atoms with Crippen molar-refractivity contribution in [3.63, 3.8) is 0 Å². The molecule has 31 heavy (non-hydrogen) atoms. The highest BCUT2D eigenvalue weighted by atomic mass is 32.1. The van der Waals surface area contributed by atoms with E-state index in [0.29, 0.717) is 26.8 Å². The first-order valence-electron chi connectivity index (χ1n) is 9.58. The molecule has 0 unspecified atom stereocenters. The van der Waals surface area contributed by atoms with Gasteiger partial charge in [-0.1, -0.05) is 52.9 Å². The highest BCUT2D eigenvalue weighted by molar-refractivity contribution is 7.15. The number of aryl methyl sites for hydroxylation is 1. The van der Waals surface area contributed by atoms with E-state index in [4.69, 9.17) is 8.94 Å². The minimum Gasteiger partial charge on any atom is -0.469 e. The second-order valence-corrected chi connectivity index (χ2v) is 8.10. The van der Waals surface area contributed by atoms with Crippen LogP contribution in [-0.2, 0) is 0 Å². The smallest absolute Gasteiger partial charge is 0.291 e. The van der Waals surface area contributed by atoms with Crippen LogP contribution in [0.25, 0.3) is 44.7 Å². The third-order valence-corrected chi connectivity index (χ3v) is 6.08. The monoisotopic (exact) mass is 426 g/mol. The van der Waals surface area contributed by atoms with E-state index in [9.17, 15) is 4.79 Å². The van der Waals surface area contributed by atoms with Crippen LogP contribution in [0.3, 0.4) is 0 Å². The first-order valence-corrected chi connectivity index (χ1v) is 10.4. The van der Waals surface area contributed by atoms with Gasteiger partial charge in [0.05, 0.1) is 21.7 Å². The van der Waals surface area contributed by atoms with Gasteiger partial charge in [-0.25, -0.2) is 0 Å². The molecule has 6 aromatic rings. The number of fused-ring (bicyclic) bond motifs is 2. The van der Waals surface area contributed by atoms with Crippen molar-refractivity contribution >= 4 is 33.3 Å². The maximum Gasteiger partial charge on any atom is 0.291 e. The quantitative estimate of drug-likeness (QED) is 0.424. The molecule has 0 saturated carbocycles. The van der Waals surface area contributed by atoms with Crippen LogP contribution in [-0.4, -0.2) is 19.8 Å². The van der Waals surface area contributed by atoms with Crippen molar-refractivity contribution in [2.75, 3.05) is 0 Å². The topological polar surface area (TPSA) is 86.4 Å². The normalized spacial score (nSPS) is 12.4. The van der Waals surface area contributed by atoms with Crippen LogP contribution in [0.1, 0.15) is 11.3 Å². The zero-order valence-electron chi connectivity index (χ0n) is 16.3. The summed E-state index contributed by atoms with van der Waals surface area (Å²) in [7, 11) is 0. The molecule has 4 heterocycles. The van der Waals surface area contributed by atoms with Gasteiger partial charge in [-0.3, -0.25) is 4.79 Å². The lowest BCUT2D eigenvalue weighted by atomic mass is 10.1. The number of rotatable bonds is 3. The molecule has 0 radical (unpaired) electrons. The molecule has 150 valence electrons. The minimum atomic E-state index is -0.200. The standard InChI is InChI=1S/C23H14N4O3S/c1-13-16(9-10-29-13)21-24-23-27(25-21)22(28)19(31-23)12-14-7-8-18-17(11-14)20(30-26-18)15-5-3-2-4-6-15/h2-12H,1H3. The summed E-state index contributed by atoms with van der Waals surface area (Å²) < 4.78 is 12.8. The Bertz CT molecular complexity index is 1670. The summed E-state index contributed by atoms with van der Waals surface area (Å²) in [6, 6.07) is 17.4. The van der Waals surface area contributed by atoms with Crippen molar-refractivity contribution in [3.8, 4) is 22.7 Å². The molecule has 0 aliphatic carbocycles. The molecule has 0 aliphatic rings. The molecule has 4 aromatic heterocycles. The Morgan fingerprint density at radius 1 is 1.10 bits per heavy atom. The van der Waals surface area contributed by atoms with Gasteiger partial charge >= 0.3 is 0 Å². The Morgan fingerprint density at radius 2 is 1.97 bits per heavy atom. The SMILES string of the molecule is Cc1occc1-c1nc2sc(=Cc3ccc4noc(-c5ccccc5)c4c3)c(=O)n2n1. The van der Waals surface area contributed by atoms with Crippen molar-refractivity contribution in [1.82, 2.24) is 19.8 Å². The lowest BCUT2D eigenvalue weighted by Crippen LogP contribution is -2.23. The Labute approximate surface area is 178 Å². The average molecular weight is 426 g/mol. The van der Waals surface area contributed by atoms with Gasteiger partial charge < -0.3 is 8.94 Å². The molecule has 0 saturated heterocycles. The summed E-state index contributed by atoms with van der Waals surface area (Å²) in [6.07, 6.45) is 3.43. The summed E-state index contributed by atoms with van der Waals surface area (Å²) in [6.45, 7) is 1.84. The summed E-state index contributed by atoms with van der Waals surface area (Å²) in [5.74, 6) is 1.91. The van der Waals surface area contributed by atoms with Crippen molar-refractivity contribution < 1.29 is 8.94 Å². The van der Waals surface area contributed by atoms with Crippen molar-refractivity contribution in [2.45, 2.75) is 6.92 Å². The maximum absolute atomic E-state index is 12.9. The molecule has 0 spiro atoms. The van der Waals surface area contributed by atoms with Gasteiger partial charge in [0.2, 0.25) is 4.96 Å². The second kappa shape index (κ2) is 6.75. The Hall–Kier alpha value is -4.04. The van der Waals surface area contributed by atoms with E-state index in [0.717, 1.165) is 27.6 Å². The largest absolute Gasteiger partial charge is 0.469 e. The van der Waals surface area contributed by atoms with Crippen LogP contribution >= 0.6 is 11.3 Å². The second-order valence-electron chi connectivity index (χ2n) is 7.09. The van der Waals surface area contributed by atoms with Crippen LogP contribution in [0, 0.1) is 6.92 Å². The highest BCUT2D eigenvalue weighted by Crippen LogP contribution is 2.29. The summed E-state index contributed by atoms with van der Waals surface area (Å²) in [5.41, 5.74) is 3.18. The van der Waals surface area contributed by atoms with Crippen LogP contribution < -0.4 is 10.1 Å².